The highest BCUT2D eigenvalue weighted by molar-refractivity contribution is 7.90. The highest BCUT2D eigenvalue weighted by Crippen LogP contribution is 2.64. The molecule has 23 heteroatoms. The SMILES string of the molecule is CCCCCCCCCC[N+](C)(C)CCCN(F)S(=O)(=O)C(F)(F)C(F)(F)C(F)(F)C(F)(F)C(F)(F)C(F)(F)C(F)(F)C(F)(F)F. The van der Waals surface area contributed by atoms with Crippen molar-refractivity contribution in [1.82, 2.24) is 4.53 Å². The molecule has 0 aliphatic carbocycles. The van der Waals surface area contributed by atoms with Gasteiger partial charge in [0.25, 0.3) is 0 Å². The Balaban J connectivity index is 5.90. The van der Waals surface area contributed by atoms with Gasteiger partial charge in [0.1, 0.15) is 0 Å². The van der Waals surface area contributed by atoms with Gasteiger partial charge in [0.15, 0.2) is 0 Å². The first-order chi connectivity index (χ1) is 20.2. The Morgan fingerprint density at radius 2 is 0.826 bits per heavy atom. The summed E-state index contributed by atoms with van der Waals surface area (Å²) in [5.41, 5.74) is 0. The number of sulfonamides is 1. The second-order valence-electron chi connectivity index (χ2n) is 11.2. The third-order valence-electron chi connectivity index (χ3n) is 6.99. The number of halogens is 18. The van der Waals surface area contributed by atoms with Crippen molar-refractivity contribution in [2.24, 2.45) is 0 Å². The summed E-state index contributed by atoms with van der Waals surface area (Å²) < 4.78 is 263. The monoisotopic (exact) mass is 743 g/mol. The number of nitrogens with zero attached hydrogens (tertiary/aromatic N) is 2. The van der Waals surface area contributed by atoms with Gasteiger partial charge in [-0.25, -0.2) is 8.42 Å². The lowest BCUT2D eigenvalue weighted by Gasteiger charge is -2.42. The summed E-state index contributed by atoms with van der Waals surface area (Å²) in [5.74, 6) is -52.3. The molecule has 0 unspecified atom stereocenters. The molecule has 0 bridgehead atoms. The summed E-state index contributed by atoms with van der Waals surface area (Å²) in [6, 6.07) is 0. The first kappa shape index (κ1) is 44.6. The predicted octanol–water partition coefficient (Wildman–Crippen LogP) is 9.08. The van der Waals surface area contributed by atoms with E-state index in [1.54, 1.807) is 0 Å². The van der Waals surface area contributed by atoms with Crippen LogP contribution in [0.15, 0.2) is 0 Å². The molecule has 0 aliphatic rings. The lowest BCUT2D eigenvalue weighted by Crippen LogP contribution is -2.75. The van der Waals surface area contributed by atoms with E-state index in [2.05, 4.69) is 0 Å². The van der Waals surface area contributed by atoms with E-state index in [1.165, 1.54) is 14.1 Å². The Kier molecular flexibility index (Phi) is 14.2. The summed E-state index contributed by atoms with van der Waals surface area (Å²) in [7, 11) is -4.97. The standard InChI is InChI=1S/C23H33F18N2O2S/c1-4-5-6-7-8-9-10-11-14-43(2,3)15-12-13-42(41)46(44,45)23(39,40)21(34,35)19(30,31)17(26,27)16(24,25)18(28,29)20(32,33)22(36,37)38/h4-15H2,1-3H3/q+1. The number of hydrogen-bond acceptors (Lipinski definition) is 2. The molecular formula is C23H33F18N2O2S+. The molecule has 0 atom stereocenters. The van der Waals surface area contributed by atoms with E-state index in [1.807, 2.05) is 6.92 Å². The van der Waals surface area contributed by atoms with Crippen LogP contribution in [0.1, 0.15) is 64.7 Å². The van der Waals surface area contributed by atoms with Gasteiger partial charge in [0, 0.05) is 6.42 Å². The van der Waals surface area contributed by atoms with E-state index in [9.17, 15) is 87.5 Å². The first-order valence-electron chi connectivity index (χ1n) is 13.4. The molecular weight excluding hydrogens is 710 g/mol. The molecule has 0 aromatic heterocycles. The van der Waals surface area contributed by atoms with Crippen LogP contribution in [0.4, 0.5) is 79.1 Å². The molecule has 46 heavy (non-hydrogen) atoms. The van der Waals surface area contributed by atoms with Gasteiger partial charge in [-0.3, -0.25) is 0 Å². The van der Waals surface area contributed by atoms with Crippen molar-refractivity contribution in [3.63, 3.8) is 0 Å². The number of alkyl halides is 17. The molecule has 0 aromatic rings. The Hall–Kier alpha value is -1.39. The maximum absolute atomic E-state index is 14.2. The molecule has 0 aliphatic heterocycles. The predicted molar refractivity (Wildman–Crippen MR) is 126 cm³/mol. The minimum Gasteiger partial charge on any atom is -0.328 e. The Bertz CT molecular complexity index is 1080. The van der Waals surface area contributed by atoms with Crippen molar-refractivity contribution in [3.05, 3.63) is 0 Å². The van der Waals surface area contributed by atoms with Crippen LogP contribution >= 0.6 is 0 Å². The highest BCUT2D eigenvalue weighted by atomic mass is 32.2. The van der Waals surface area contributed by atoms with Crippen molar-refractivity contribution < 1.29 is 92.0 Å². The van der Waals surface area contributed by atoms with Gasteiger partial charge in [-0.1, -0.05) is 45.4 Å². The largest absolute Gasteiger partial charge is 0.460 e. The summed E-state index contributed by atoms with van der Waals surface area (Å²) in [6.07, 6.45) is -1.59. The van der Waals surface area contributed by atoms with Gasteiger partial charge >= 0.3 is 57.0 Å². The average molecular weight is 744 g/mol. The van der Waals surface area contributed by atoms with Gasteiger partial charge < -0.3 is 4.48 Å². The zero-order valence-electron chi connectivity index (χ0n) is 24.4. The number of unbranched alkanes of at least 4 members (excludes halogenated alkanes) is 7. The van der Waals surface area contributed by atoms with E-state index in [4.69, 9.17) is 0 Å². The van der Waals surface area contributed by atoms with Crippen LogP contribution in [-0.4, -0.2) is 98.1 Å². The second-order valence-corrected chi connectivity index (χ2v) is 13.0. The maximum Gasteiger partial charge on any atom is 0.460 e. The molecule has 0 saturated heterocycles. The van der Waals surface area contributed by atoms with Gasteiger partial charge in [-0.05, 0) is 17.4 Å². The van der Waals surface area contributed by atoms with Crippen LogP contribution in [0, 0.1) is 0 Å². The fraction of sp³-hybridized carbons (Fsp3) is 1.00. The number of rotatable bonds is 21. The Labute approximate surface area is 252 Å². The molecule has 0 fully saturated rings. The van der Waals surface area contributed by atoms with Crippen molar-refractivity contribution in [3.8, 4) is 0 Å². The topological polar surface area (TPSA) is 37.4 Å². The molecule has 0 saturated carbocycles. The minimum absolute atomic E-state index is 0.0631. The van der Waals surface area contributed by atoms with E-state index in [-0.39, 0.29) is 11.0 Å². The minimum atomic E-state index is -8.96. The van der Waals surface area contributed by atoms with Crippen LogP contribution in [0.5, 0.6) is 0 Å². The zero-order valence-corrected chi connectivity index (χ0v) is 25.2. The summed E-state index contributed by atoms with van der Waals surface area (Å²) in [6.45, 7) is 0.213. The van der Waals surface area contributed by atoms with Crippen LogP contribution in [0.3, 0.4) is 0 Å². The number of quaternary nitrogens is 1. The maximum atomic E-state index is 14.2. The quantitative estimate of drug-likeness (QED) is 0.0510. The van der Waals surface area contributed by atoms with Crippen molar-refractivity contribution in [2.75, 3.05) is 33.7 Å². The van der Waals surface area contributed by atoms with Crippen LogP contribution in [-0.2, 0) is 10.0 Å². The fourth-order valence-corrected chi connectivity index (χ4v) is 5.04. The van der Waals surface area contributed by atoms with E-state index in [0.29, 0.717) is 13.0 Å². The van der Waals surface area contributed by atoms with Crippen molar-refractivity contribution >= 4 is 10.0 Å². The molecule has 0 N–H and O–H groups in total. The van der Waals surface area contributed by atoms with E-state index < -0.39 is 74.5 Å². The fourth-order valence-electron chi connectivity index (χ4n) is 3.96. The van der Waals surface area contributed by atoms with Gasteiger partial charge in [-0.15, -0.1) is 4.48 Å². The Morgan fingerprint density at radius 1 is 0.500 bits per heavy atom. The van der Waals surface area contributed by atoms with E-state index in [0.717, 1.165) is 44.9 Å². The summed E-state index contributed by atoms with van der Waals surface area (Å²) in [5, 5.41) is -7.90. The van der Waals surface area contributed by atoms with Crippen LogP contribution in [0.2, 0.25) is 0 Å². The highest BCUT2D eigenvalue weighted by Gasteiger charge is 2.96. The zero-order chi connectivity index (χ0) is 37.1. The molecule has 0 radical (unpaired) electrons. The number of hydrogen-bond donors (Lipinski definition) is 0. The third-order valence-corrected chi connectivity index (χ3v) is 8.60. The van der Waals surface area contributed by atoms with Gasteiger partial charge in [0.2, 0.25) is 0 Å². The average Bonchev–Trinajstić information content (AvgIpc) is 2.88. The van der Waals surface area contributed by atoms with Crippen molar-refractivity contribution in [2.45, 2.75) is 112 Å². The van der Waals surface area contributed by atoms with Gasteiger partial charge in [-0.2, -0.15) is 74.6 Å². The van der Waals surface area contributed by atoms with Crippen molar-refractivity contribution in [1.29, 1.82) is 0 Å². The normalized spacial score (nSPS) is 15.6. The van der Waals surface area contributed by atoms with Crippen LogP contribution in [0.25, 0.3) is 0 Å². The molecule has 0 aromatic carbocycles. The molecule has 0 amide bonds. The molecule has 0 spiro atoms. The first-order valence-corrected chi connectivity index (χ1v) is 14.8. The Morgan fingerprint density at radius 3 is 1.22 bits per heavy atom. The molecule has 0 rings (SSSR count). The smallest absolute Gasteiger partial charge is 0.328 e. The van der Waals surface area contributed by atoms with Crippen LogP contribution < -0.4 is 0 Å². The lowest BCUT2D eigenvalue weighted by atomic mass is 9.91. The lowest BCUT2D eigenvalue weighted by molar-refractivity contribution is -0.890. The molecule has 0 heterocycles. The summed E-state index contributed by atoms with van der Waals surface area (Å²) in [4.78, 5) is 0. The second kappa shape index (κ2) is 14.6. The van der Waals surface area contributed by atoms with Gasteiger partial charge in [0.05, 0.1) is 33.7 Å². The molecule has 4 nitrogen and oxygen atoms in total. The third kappa shape index (κ3) is 8.24. The van der Waals surface area contributed by atoms with E-state index >= 15 is 0 Å². The molecule has 278 valence electrons. The summed E-state index contributed by atoms with van der Waals surface area (Å²) >= 11 is 0.